The molecule has 0 atom stereocenters. The summed E-state index contributed by atoms with van der Waals surface area (Å²) in [7, 11) is 0. The van der Waals surface area contributed by atoms with Gasteiger partial charge in [-0.15, -0.1) is 0 Å². The maximum Gasteiger partial charge on any atom is 0.233 e. The molecule has 1 rings (SSSR count). The van der Waals surface area contributed by atoms with Crippen LogP contribution in [-0.4, -0.2) is 0 Å². The van der Waals surface area contributed by atoms with E-state index < -0.39 is 0 Å². The first-order chi connectivity index (χ1) is 5.36. The van der Waals surface area contributed by atoms with Crippen LogP contribution in [0, 0.1) is 11.3 Å². The summed E-state index contributed by atoms with van der Waals surface area (Å²) in [6.07, 6.45) is 5.50. The van der Waals surface area contributed by atoms with Crippen LogP contribution in [0.5, 0.6) is 0 Å². The van der Waals surface area contributed by atoms with Crippen LogP contribution in [0.15, 0.2) is 31.1 Å². The van der Waals surface area contributed by atoms with Gasteiger partial charge in [-0.1, -0.05) is 12.7 Å². The van der Waals surface area contributed by atoms with Crippen molar-refractivity contribution in [3.63, 3.8) is 0 Å². The van der Waals surface area contributed by atoms with E-state index in [1.165, 1.54) is 0 Å². The van der Waals surface area contributed by atoms with Crippen LogP contribution < -0.4 is 17.0 Å². The van der Waals surface area contributed by atoms with Gasteiger partial charge in [0.05, 0.1) is 0 Å². The summed E-state index contributed by atoms with van der Waals surface area (Å²) in [6.45, 7) is 4.03. The fraction of sp³-hybridized carbons (Fsp3) is 0.111. The van der Waals surface area contributed by atoms with E-state index in [4.69, 9.17) is 5.26 Å². The first kappa shape index (κ1) is 10.7. The quantitative estimate of drug-likeness (QED) is 0.491. The maximum atomic E-state index is 8.36. The standard InChI is InChI=1S/C9H9N2.ClH/c1-2-9-3-6-11(7-4-9)8-5-10;/h2-4,6-7H,1,8H2;1H/q+1;/p-1. The molecule has 1 aromatic rings. The second kappa shape index (κ2) is 5.34. The van der Waals surface area contributed by atoms with E-state index >= 15 is 0 Å². The summed E-state index contributed by atoms with van der Waals surface area (Å²) in [5.74, 6) is 0. The van der Waals surface area contributed by atoms with Gasteiger partial charge in [0, 0.05) is 12.1 Å². The van der Waals surface area contributed by atoms with Crippen LogP contribution >= 0.6 is 0 Å². The first-order valence-electron chi connectivity index (χ1n) is 3.35. The summed E-state index contributed by atoms with van der Waals surface area (Å²) < 4.78 is 1.81. The highest BCUT2D eigenvalue weighted by Gasteiger charge is 1.95. The highest BCUT2D eigenvalue weighted by atomic mass is 35.5. The molecule has 0 N–H and O–H groups in total. The van der Waals surface area contributed by atoms with Crippen molar-refractivity contribution in [3.8, 4) is 6.07 Å². The predicted octanol–water partition coefficient (Wildman–Crippen LogP) is -1.86. The summed E-state index contributed by atoms with van der Waals surface area (Å²) in [6, 6.07) is 5.90. The molecule has 0 unspecified atom stereocenters. The van der Waals surface area contributed by atoms with Gasteiger partial charge in [-0.3, -0.25) is 0 Å². The molecule has 1 heterocycles. The van der Waals surface area contributed by atoms with Gasteiger partial charge >= 0.3 is 0 Å². The van der Waals surface area contributed by atoms with Crippen molar-refractivity contribution in [2.45, 2.75) is 6.54 Å². The van der Waals surface area contributed by atoms with Gasteiger partial charge < -0.3 is 12.4 Å². The molecule has 62 valence electrons. The highest BCUT2D eigenvalue weighted by Crippen LogP contribution is 1.94. The zero-order valence-electron chi connectivity index (χ0n) is 6.57. The number of halogens is 1. The Kier molecular flexibility index (Phi) is 4.75. The molecule has 0 aliphatic heterocycles. The monoisotopic (exact) mass is 180 g/mol. The first-order valence-corrected chi connectivity index (χ1v) is 3.35. The maximum absolute atomic E-state index is 8.36. The zero-order chi connectivity index (χ0) is 8.10. The molecule has 0 bridgehead atoms. The number of hydrogen-bond donors (Lipinski definition) is 0. The van der Waals surface area contributed by atoms with Crippen LogP contribution in [0.2, 0.25) is 0 Å². The summed E-state index contributed by atoms with van der Waals surface area (Å²) in [5, 5.41) is 8.36. The molecule has 0 radical (unpaired) electrons. The topological polar surface area (TPSA) is 27.7 Å². The Balaban J connectivity index is 0.00000121. The normalized spacial score (nSPS) is 7.92. The molecule has 0 aromatic carbocycles. The minimum absolute atomic E-state index is 0. The van der Waals surface area contributed by atoms with Crippen molar-refractivity contribution in [2.75, 3.05) is 0 Å². The smallest absolute Gasteiger partial charge is 0.233 e. The van der Waals surface area contributed by atoms with E-state index in [1.807, 2.05) is 29.1 Å². The van der Waals surface area contributed by atoms with Crippen LogP contribution in [0.25, 0.3) is 6.08 Å². The minimum Gasteiger partial charge on any atom is -1.00 e. The van der Waals surface area contributed by atoms with Gasteiger partial charge in [-0.25, -0.2) is 0 Å². The third kappa shape index (κ3) is 2.73. The van der Waals surface area contributed by atoms with Crippen LogP contribution in [-0.2, 0) is 6.54 Å². The lowest BCUT2D eigenvalue weighted by atomic mass is 10.3. The second-order valence-corrected chi connectivity index (χ2v) is 2.17. The van der Waals surface area contributed by atoms with Crippen LogP contribution in [0.3, 0.4) is 0 Å². The van der Waals surface area contributed by atoms with Gasteiger partial charge in [0.15, 0.2) is 12.4 Å². The average molecular weight is 181 g/mol. The molecule has 0 aliphatic rings. The van der Waals surface area contributed by atoms with E-state index in [1.54, 1.807) is 6.08 Å². The van der Waals surface area contributed by atoms with Gasteiger partial charge in [-0.05, 0) is 5.56 Å². The highest BCUT2D eigenvalue weighted by molar-refractivity contribution is 5.44. The Hall–Kier alpha value is -1.33. The lowest BCUT2D eigenvalue weighted by molar-refractivity contribution is -0.685. The molecule has 2 nitrogen and oxygen atoms in total. The Morgan fingerprint density at radius 2 is 2.08 bits per heavy atom. The van der Waals surface area contributed by atoms with Crippen LogP contribution in [0.4, 0.5) is 0 Å². The number of nitriles is 1. The van der Waals surface area contributed by atoms with Gasteiger partial charge in [0.1, 0.15) is 6.07 Å². The molecular formula is C9H9ClN2. The fourth-order valence-corrected chi connectivity index (χ4v) is 0.792. The number of pyridine rings is 1. The molecule has 0 aliphatic carbocycles. The molecule has 0 saturated heterocycles. The second-order valence-electron chi connectivity index (χ2n) is 2.17. The fourth-order valence-electron chi connectivity index (χ4n) is 0.792. The summed E-state index contributed by atoms with van der Waals surface area (Å²) >= 11 is 0. The van der Waals surface area contributed by atoms with Crippen molar-refractivity contribution in [3.05, 3.63) is 36.7 Å². The molecule has 1 aromatic heterocycles. The van der Waals surface area contributed by atoms with Crippen molar-refractivity contribution in [1.29, 1.82) is 5.26 Å². The Labute approximate surface area is 78.2 Å². The minimum atomic E-state index is 0. The predicted molar refractivity (Wildman–Crippen MR) is 42.3 cm³/mol. The third-order valence-corrected chi connectivity index (χ3v) is 1.41. The van der Waals surface area contributed by atoms with E-state index in [-0.39, 0.29) is 12.4 Å². The molecule has 0 amide bonds. The van der Waals surface area contributed by atoms with Crippen molar-refractivity contribution >= 4 is 6.08 Å². The summed E-state index contributed by atoms with van der Waals surface area (Å²) in [4.78, 5) is 0. The number of aromatic nitrogens is 1. The van der Waals surface area contributed by atoms with E-state index in [9.17, 15) is 0 Å². The van der Waals surface area contributed by atoms with Crippen molar-refractivity contribution < 1.29 is 17.0 Å². The largest absolute Gasteiger partial charge is 1.00 e. The lowest BCUT2D eigenvalue weighted by Gasteiger charge is -1.89. The SMILES string of the molecule is C=Cc1cc[n+](CC#N)cc1.[Cl-]. The van der Waals surface area contributed by atoms with E-state index in [0.717, 1.165) is 5.56 Å². The molecular weight excluding hydrogens is 172 g/mol. The number of hydrogen-bond acceptors (Lipinski definition) is 1. The van der Waals surface area contributed by atoms with Gasteiger partial charge in [0.25, 0.3) is 0 Å². The Morgan fingerprint density at radius 1 is 1.50 bits per heavy atom. The number of rotatable bonds is 2. The molecule has 0 fully saturated rings. The van der Waals surface area contributed by atoms with Crippen molar-refractivity contribution in [2.24, 2.45) is 0 Å². The third-order valence-electron chi connectivity index (χ3n) is 1.41. The molecule has 3 heteroatoms. The summed E-state index contributed by atoms with van der Waals surface area (Å²) in [5.41, 5.74) is 1.07. The van der Waals surface area contributed by atoms with Gasteiger partial charge in [-0.2, -0.15) is 9.83 Å². The Morgan fingerprint density at radius 3 is 2.50 bits per heavy atom. The molecule has 0 saturated carbocycles. The van der Waals surface area contributed by atoms with Gasteiger partial charge in [0.2, 0.25) is 6.54 Å². The van der Waals surface area contributed by atoms with E-state index in [2.05, 4.69) is 12.6 Å². The van der Waals surface area contributed by atoms with E-state index in [0.29, 0.717) is 6.54 Å². The molecule has 12 heavy (non-hydrogen) atoms. The molecule has 0 spiro atoms. The number of nitrogens with zero attached hydrogens (tertiary/aromatic N) is 2. The van der Waals surface area contributed by atoms with Crippen LogP contribution in [0.1, 0.15) is 5.56 Å². The lowest BCUT2D eigenvalue weighted by Crippen LogP contribution is -3.00. The average Bonchev–Trinajstić information content (AvgIpc) is 2.07. The van der Waals surface area contributed by atoms with Crippen molar-refractivity contribution in [1.82, 2.24) is 0 Å². The zero-order valence-corrected chi connectivity index (χ0v) is 7.33. The Bertz CT molecular complexity index is 284.